The Kier molecular flexibility index (Phi) is 9.64. The first-order chi connectivity index (χ1) is 10.3. The summed E-state index contributed by atoms with van der Waals surface area (Å²) in [6.07, 6.45) is 1.58. The van der Waals surface area contributed by atoms with Gasteiger partial charge in [-0.25, -0.2) is 0 Å². The molecule has 1 rings (SSSR count). The molecule has 0 fully saturated rings. The molecule has 1 aromatic heterocycles. The smallest absolute Gasteiger partial charge is 0.193 e. The second-order valence-electron chi connectivity index (χ2n) is 4.53. The van der Waals surface area contributed by atoms with Crippen molar-refractivity contribution in [2.24, 2.45) is 5.73 Å². The van der Waals surface area contributed by atoms with Crippen LogP contribution < -0.4 is 5.73 Å². The number of aromatic hydroxyl groups is 2. The number of ether oxygens (including phenoxy) is 3. The molecule has 0 radical (unpaired) electrons. The molecule has 21 heavy (non-hydrogen) atoms. The molecule has 0 aliphatic rings. The molecule has 0 bridgehead atoms. The van der Waals surface area contributed by atoms with E-state index in [1.54, 1.807) is 0 Å². The van der Waals surface area contributed by atoms with E-state index in [0.717, 1.165) is 6.42 Å². The van der Waals surface area contributed by atoms with Gasteiger partial charge in [0.05, 0.1) is 26.4 Å². The Hall–Kier alpha value is -1.28. The van der Waals surface area contributed by atoms with Crippen molar-refractivity contribution in [3.63, 3.8) is 0 Å². The molecule has 4 N–H and O–H groups in total. The van der Waals surface area contributed by atoms with Gasteiger partial charge in [0.15, 0.2) is 11.8 Å². The van der Waals surface area contributed by atoms with Gasteiger partial charge in [-0.1, -0.05) is 0 Å². The monoisotopic (exact) mass is 302 g/mol. The Morgan fingerprint density at radius 1 is 0.810 bits per heavy atom. The first-order valence-corrected chi connectivity index (χ1v) is 7.26. The topological polar surface area (TPSA) is 99.1 Å². The summed E-state index contributed by atoms with van der Waals surface area (Å²) in [7, 11) is 0. The van der Waals surface area contributed by atoms with Gasteiger partial charge in [0.2, 0.25) is 0 Å². The summed E-state index contributed by atoms with van der Waals surface area (Å²) in [4.78, 5) is 0. The largest absolute Gasteiger partial charge is 0.494 e. The summed E-state index contributed by atoms with van der Waals surface area (Å²) in [5, 5.41) is 18.9. The molecule has 7 nitrogen and oxygen atoms in total. The maximum absolute atomic E-state index is 9.43. The summed E-state index contributed by atoms with van der Waals surface area (Å²) in [5.41, 5.74) is 5.34. The molecule has 0 atom stereocenters. The number of hydrogen-bond donors (Lipinski definition) is 3. The van der Waals surface area contributed by atoms with Crippen LogP contribution in [0.15, 0.2) is 12.1 Å². The molecule has 0 aromatic carbocycles. The maximum atomic E-state index is 9.43. The van der Waals surface area contributed by atoms with E-state index in [4.69, 9.17) is 19.9 Å². The van der Waals surface area contributed by atoms with E-state index < -0.39 is 0 Å². The molecular weight excluding hydrogens is 276 g/mol. The minimum Gasteiger partial charge on any atom is -0.494 e. The Balaban J connectivity index is 1.85. The SMILES string of the molecule is NCCCOCCOCCOCCCn1c(O)ccc1O. The van der Waals surface area contributed by atoms with Crippen molar-refractivity contribution in [3.8, 4) is 11.8 Å². The highest BCUT2D eigenvalue weighted by Crippen LogP contribution is 2.20. The summed E-state index contributed by atoms with van der Waals surface area (Å²) in [6, 6.07) is 2.92. The number of hydrogen-bond acceptors (Lipinski definition) is 6. The Labute approximate surface area is 125 Å². The van der Waals surface area contributed by atoms with Crippen LogP contribution in [-0.4, -0.2) is 61.0 Å². The Morgan fingerprint density at radius 2 is 1.29 bits per heavy atom. The van der Waals surface area contributed by atoms with Gasteiger partial charge in [0, 0.05) is 31.9 Å². The Morgan fingerprint density at radius 3 is 1.81 bits per heavy atom. The van der Waals surface area contributed by atoms with Crippen LogP contribution in [0.3, 0.4) is 0 Å². The summed E-state index contributed by atoms with van der Waals surface area (Å²) >= 11 is 0. The molecule has 0 saturated carbocycles. The predicted octanol–water partition coefficient (Wildman–Crippen LogP) is 0.688. The van der Waals surface area contributed by atoms with Crippen LogP contribution in [0.2, 0.25) is 0 Å². The fourth-order valence-electron chi connectivity index (χ4n) is 1.73. The van der Waals surface area contributed by atoms with Gasteiger partial charge in [-0.15, -0.1) is 0 Å². The summed E-state index contributed by atoms with van der Waals surface area (Å²) in [6.45, 7) is 4.56. The van der Waals surface area contributed by atoms with Crippen molar-refractivity contribution >= 4 is 0 Å². The van der Waals surface area contributed by atoms with Gasteiger partial charge in [-0.2, -0.15) is 0 Å². The van der Waals surface area contributed by atoms with E-state index in [1.165, 1.54) is 16.7 Å². The predicted molar refractivity (Wildman–Crippen MR) is 78.5 cm³/mol. The molecule has 7 heteroatoms. The zero-order valence-corrected chi connectivity index (χ0v) is 12.4. The zero-order valence-electron chi connectivity index (χ0n) is 12.4. The lowest BCUT2D eigenvalue weighted by molar-refractivity contribution is 0.0135. The van der Waals surface area contributed by atoms with Gasteiger partial charge in [0.1, 0.15) is 0 Å². The third-order valence-electron chi connectivity index (χ3n) is 2.84. The van der Waals surface area contributed by atoms with Crippen LogP contribution in [-0.2, 0) is 20.8 Å². The quantitative estimate of drug-likeness (QED) is 0.464. The maximum Gasteiger partial charge on any atom is 0.193 e. The second kappa shape index (κ2) is 11.4. The molecule has 0 aliphatic carbocycles. The van der Waals surface area contributed by atoms with Crippen LogP contribution in [0.1, 0.15) is 12.8 Å². The molecular formula is C14H26N2O5. The number of nitrogens with two attached hydrogens (primary N) is 1. The lowest BCUT2D eigenvalue weighted by Crippen LogP contribution is -2.12. The fourth-order valence-corrected chi connectivity index (χ4v) is 1.73. The van der Waals surface area contributed by atoms with Crippen molar-refractivity contribution < 1.29 is 24.4 Å². The molecule has 0 saturated heterocycles. The lowest BCUT2D eigenvalue weighted by atomic mass is 10.4. The van der Waals surface area contributed by atoms with Crippen LogP contribution in [0.25, 0.3) is 0 Å². The van der Waals surface area contributed by atoms with E-state index in [9.17, 15) is 10.2 Å². The highest BCUT2D eigenvalue weighted by Gasteiger charge is 2.04. The molecule has 122 valence electrons. The first-order valence-electron chi connectivity index (χ1n) is 7.26. The van der Waals surface area contributed by atoms with Gasteiger partial charge < -0.3 is 30.2 Å². The molecule has 0 amide bonds. The average Bonchev–Trinajstić information content (AvgIpc) is 2.80. The van der Waals surface area contributed by atoms with Crippen LogP contribution in [0.4, 0.5) is 0 Å². The van der Waals surface area contributed by atoms with Crippen molar-refractivity contribution in [2.45, 2.75) is 19.4 Å². The first kappa shape index (κ1) is 17.8. The van der Waals surface area contributed by atoms with Gasteiger partial charge in [-0.05, 0) is 19.4 Å². The van der Waals surface area contributed by atoms with Crippen molar-refractivity contribution in [1.29, 1.82) is 0 Å². The molecule has 1 heterocycles. The standard InChI is InChI=1S/C14H26N2O5/c15-5-1-7-19-9-11-21-12-10-20-8-2-6-16-13(17)3-4-14(16)18/h3-4,17-18H,1-2,5-12,15H2. The summed E-state index contributed by atoms with van der Waals surface area (Å²) < 4.78 is 17.5. The molecule has 0 spiro atoms. The van der Waals surface area contributed by atoms with Gasteiger partial charge in [0.25, 0.3) is 0 Å². The third kappa shape index (κ3) is 7.91. The highest BCUT2D eigenvalue weighted by molar-refractivity contribution is 5.23. The molecule has 0 aliphatic heterocycles. The number of nitrogens with zero attached hydrogens (tertiary/aromatic N) is 1. The van der Waals surface area contributed by atoms with E-state index >= 15 is 0 Å². The number of aromatic nitrogens is 1. The Bertz CT molecular complexity index is 351. The third-order valence-corrected chi connectivity index (χ3v) is 2.84. The van der Waals surface area contributed by atoms with Crippen LogP contribution in [0.5, 0.6) is 11.8 Å². The van der Waals surface area contributed by atoms with Crippen molar-refractivity contribution in [3.05, 3.63) is 12.1 Å². The lowest BCUT2D eigenvalue weighted by Gasteiger charge is -2.08. The fraction of sp³-hybridized carbons (Fsp3) is 0.714. The van der Waals surface area contributed by atoms with Gasteiger partial charge in [-0.3, -0.25) is 4.57 Å². The minimum atomic E-state index is 0.0606. The van der Waals surface area contributed by atoms with Gasteiger partial charge >= 0.3 is 0 Å². The zero-order chi connectivity index (χ0) is 15.3. The van der Waals surface area contributed by atoms with Crippen molar-refractivity contribution in [2.75, 3.05) is 46.2 Å². The normalized spacial score (nSPS) is 11.1. The van der Waals surface area contributed by atoms with E-state index in [2.05, 4.69) is 0 Å². The minimum absolute atomic E-state index is 0.0606. The summed E-state index contributed by atoms with van der Waals surface area (Å²) in [5.74, 6) is 0.121. The average molecular weight is 302 g/mol. The van der Waals surface area contributed by atoms with E-state index in [-0.39, 0.29) is 11.8 Å². The van der Waals surface area contributed by atoms with Crippen molar-refractivity contribution in [1.82, 2.24) is 4.57 Å². The molecule has 1 aromatic rings. The second-order valence-corrected chi connectivity index (χ2v) is 4.53. The van der Waals surface area contributed by atoms with E-state index in [0.29, 0.717) is 59.2 Å². The molecule has 0 unspecified atom stereocenters. The van der Waals surface area contributed by atoms with E-state index in [1.807, 2.05) is 0 Å². The number of rotatable bonds is 13. The van der Waals surface area contributed by atoms with Crippen LogP contribution in [0, 0.1) is 0 Å². The van der Waals surface area contributed by atoms with Crippen LogP contribution >= 0.6 is 0 Å². The highest BCUT2D eigenvalue weighted by atomic mass is 16.5.